The van der Waals surface area contributed by atoms with Crippen LogP contribution in [0.5, 0.6) is 0 Å². The molecule has 1 fully saturated rings. The van der Waals surface area contributed by atoms with Crippen molar-refractivity contribution in [2.24, 2.45) is 17.6 Å². The predicted molar refractivity (Wildman–Crippen MR) is 207 cm³/mol. The molecule has 0 saturated carbocycles. The summed E-state index contributed by atoms with van der Waals surface area (Å²) in [6, 6.07) is 23.3. The van der Waals surface area contributed by atoms with Crippen LogP contribution in [0, 0.1) is 11.8 Å². The van der Waals surface area contributed by atoms with E-state index in [4.69, 9.17) is 15.2 Å². The van der Waals surface area contributed by atoms with Crippen LogP contribution in [0.25, 0.3) is 0 Å². The van der Waals surface area contributed by atoms with Crippen molar-refractivity contribution in [1.29, 1.82) is 0 Å². The Morgan fingerprint density at radius 3 is 1.89 bits per heavy atom. The van der Waals surface area contributed by atoms with Gasteiger partial charge in [-0.15, -0.1) is 0 Å². The standard InChI is InChI=1S/C42H57N5O7/c1-28(2)36(43)40(50)47(42(52)54-27-33-22-15-23-46(33)5)35(25-31-18-11-7-12-19-31)38(48)34(24-30-16-9-6-10-17-30)44-39(49)37(29(3)4)45-41(51)53-26-32-20-13-8-14-21-32/h6-14,16-21,28-29,33-38,48H,15,22-27,43H2,1-5H3,(H,44,49)(H,45,51)/t33?,34?,35?,36-,37-,38?/m0/s1. The Hall–Kier alpha value is -4.78. The largest absolute Gasteiger partial charge is 0.447 e. The summed E-state index contributed by atoms with van der Waals surface area (Å²) < 4.78 is 11.2. The van der Waals surface area contributed by atoms with Crippen LogP contribution < -0.4 is 16.4 Å². The van der Waals surface area contributed by atoms with Gasteiger partial charge in [-0.1, -0.05) is 119 Å². The molecule has 12 heteroatoms. The zero-order chi connectivity index (χ0) is 39.2. The first-order valence-electron chi connectivity index (χ1n) is 18.8. The molecule has 5 N–H and O–H groups in total. The lowest BCUT2D eigenvalue weighted by atomic mass is 9.90. The zero-order valence-electron chi connectivity index (χ0n) is 32.1. The van der Waals surface area contributed by atoms with E-state index in [0.717, 1.165) is 41.0 Å². The summed E-state index contributed by atoms with van der Waals surface area (Å²) in [6.45, 7) is 8.09. The lowest BCUT2D eigenvalue weighted by molar-refractivity contribution is -0.137. The van der Waals surface area contributed by atoms with Gasteiger partial charge in [0.05, 0.1) is 24.2 Å². The van der Waals surface area contributed by atoms with Crippen LogP contribution in [0.2, 0.25) is 0 Å². The summed E-state index contributed by atoms with van der Waals surface area (Å²) in [4.78, 5) is 58.5. The van der Waals surface area contributed by atoms with Gasteiger partial charge in [-0.25, -0.2) is 14.5 Å². The minimum atomic E-state index is -1.50. The fourth-order valence-electron chi connectivity index (χ4n) is 6.57. The molecule has 1 aliphatic rings. The molecule has 0 radical (unpaired) electrons. The van der Waals surface area contributed by atoms with Crippen molar-refractivity contribution in [3.05, 3.63) is 108 Å². The summed E-state index contributed by atoms with van der Waals surface area (Å²) in [6.07, 6.45) is -1.19. The summed E-state index contributed by atoms with van der Waals surface area (Å²) in [5, 5.41) is 18.1. The highest BCUT2D eigenvalue weighted by Crippen LogP contribution is 2.23. The van der Waals surface area contributed by atoms with Gasteiger partial charge in [-0.05, 0) is 67.8 Å². The number of carbonyl (C=O) groups is 4. The lowest BCUT2D eigenvalue weighted by Crippen LogP contribution is -2.63. The number of carbonyl (C=O) groups excluding carboxylic acids is 4. The molecule has 3 aromatic rings. The number of nitrogens with one attached hydrogen (secondary N) is 2. The van der Waals surface area contributed by atoms with E-state index in [2.05, 4.69) is 15.5 Å². The van der Waals surface area contributed by atoms with Crippen molar-refractivity contribution in [3.63, 3.8) is 0 Å². The molecule has 4 unspecified atom stereocenters. The number of nitrogens with two attached hydrogens (primary N) is 1. The van der Waals surface area contributed by atoms with Crippen molar-refractivity contribution in [3.8, 4) is 0 Å². The molecule has 1 aliphatic heterocycles. The predicted octanol–water partition coefficient (Wildman–Crippen LogP) is 4.68. The molecular weight excluding hydrogens is 686 g/mol. The molecule has 1 saturated heterocycles. The maximum absolute atomic E-state index is 14.2. The van der Waals surface area contributed by atoms with Crippen LogP contribution in [-0.2, 0) is 38.5 Å². The van der Waals surface area contributed by atoms with E-state index in [1.165, 1.54) is 0 Å². The highest BCUT2D eigenvalue weighted by molar-refractivity contribution is 5.95. The van der Waals surface area contributed by atoms with Gasteiger partial charge in [-0.3, -0.25) is 9.59 Å². The van der Waals surface area contributed by atoms with Crippen molar-refractivity contribution < 1.29 is 33.8 Å². The quantitative estimate of drug-likeness (QED) is 0.154. The number of alkyl carbamates (subject to hydrolysis) is 1. The molecule has 0 aliphatic carbocycles. The summed E-state index contributed by atoms with van der Waals surface area (Å²) in [7, 11) is 1.96. The molecule has 4 amide bonds. The molecule has 3 aromatic carbocycles. The molecule has 0 spiro atoms. The molecular formula is C42H57N5O7. The van der Waals surface area contributed by atoms with Crippen LogP contribution in [0.3, 0.4) is 0 Å². The highest BCUT2D eigenvalue weighted by atomic mass is 16.6. The minimum Gasteiger partial charge on any atom is -0.447 e. The number of nitrogens with zero attached hydrogens (tertiary/aromatic N) is 2. The van der Waals surface area contributed by atoms with Crippen LogP contribution in [0.15, 0.2) is 91.0 Å². The Balaban J connectivity index is 1.68. The van der Waals surface area contributed by atoms with E-state index in [0.29, 0.717) is 0 Å². The number of hydrogen-bond acceptors (Lipinski definition) is 9. The van der Waals surface area contributed by atoms with Crippen LogP contribution in [-0.4, -0.2) is 95.4 Å². The second-order valence-corrected chi connectivity index (χ2v) is 14.8. The molecule has 12 nitrogen and oxygen atoms in total. The summed E-state index contributed by atoms with van der Waals surface area (Å²) >= 11 is 0. The first-order chi connectivity index (χ1) is 25.8. The fraction of sp³-hybridized carbons (Fsp3) is 0.476. The molecule has 6 atom stereocenters. The number of rotatable bonds is 17. The molecule has 0 bridgehead atoms. The summed E-state index contributed by atoms with van der Waals surface area (Å²) in [5.74, 6) is -1.96. The average molecular weight is 744 g/mol. The second kappa shape index (κ2) is 20.6. The topological polar surface area (TPSA) is 164 Å². The van der Waals surface area contributed by atoms with E-state index in [1.807, 2.05) is 98.0 Å². The third kappa shape index (κ3) is 12.1. The van der Waals surface area contributed by atoms with Gasteiger partial charge in [0.15, 0.2) is 0 Å². The average Bonchev–Trinajstić information content (AvgIpc) is 3.59. The van der Waals surface area contributed by atoms with E-state index in [9.17, 15) is 24.3 Å². The molecule has 0 aromatic heterocycles. The highest BCUT2D eigenvalue weighted by Gasteiger charge is 2.43. The number of ether oxygens (including phenoxy) is 2. The zero-order valence-corrected chi connectivity index (χ0v) is 32.1. The van der Waals surface area contributed by atoms with Crippen LogP contribution in [0.4, 0.5) is 9.59 Å². The van der Waals surface area contributed by atoms with Crippen molar-refractivity contribution >= 4 is 24.0 Å². The first kappa shape index (κ1) is 42.0. The van der Waals surface area contributed by atoms with Crippen molar-refractivity contribution in [2.75, 3.05) is 20.2 Å². The van der Waals surface area contributed by atoms with E-state index < -0.39 is 54.3 Å². The number of aliphatic hydroxyl groups excluding tert-OH is 1. The van der Waals surface area contributed by atoms with E-state index in [-0.39, 0.29) is 43.9 Å². The number of likely N-dealkylation sites (N-methyl/N-ethyl adjacent to an activating group) is 1. The maximum Gasteiger partial charge on any atom is 0.416 e. The maximum atomic E-state index is 14.2. The number of amides is 4. The lowest BCUT2D eigenvalue weighted by Gasteiger charge is -2.39. The van der Waals surface area contributed by atoms with Crippen molar-refractivity contribution in [1.82, 2.24) is 20.4 Å². The molecule has 292 valence electrons. The van der Waals surface area contributed by atoms with Gasteiger partial charge in [0.2, 0.25) is 11.8 Å². The van der Waals surface area contributed by atoms with Crippen LogP contribution >= 0.6 is 0 Å². The number of aliphatic hydroxyl groups is 1. The van der Waals surface area contributed by atoms with Gasteiger partial charge in [0.1, 0.15) is 19.3 Å². The summed E-state index contributed by atoms with van der Waals surface area (Å²) in [5.41, 5.74) is 8.75. The SMILES string of the molecule is CC(C)[C@H](N)C(=O)N(C(=O)OCC1CCCN1C)C(Cc1ccccc1)C(O)C(Cc1ccccc1)NC(=O)[C@@H](NC(=O)OCc1ccccc1)C(C)C. The fourth-order valence-corrected chi connectivity index (χ4v) is 6.57. The number of imide groups is 1. The number of benzene rings is 3. The van der Waals surface area contributed by atoms with E-state index in [1.54, 1.807) is 27.7 Å². The molecule has 4 rings (SSSR count). The Morgan fingerprint density at radius 1 is 0.815 bits per heavy atom. The minimum absolute atomic E-state index is 0.00728. The number of likely N-dealkylation sites (tertiary alicyclic amines) is 1. The van der Waals surface area contributed by atoms with Gasteiger partial charge in [0.25, 0.3) is 0 Å². The molecule has 1 heterocycles. The van der Waals surface area contributed by atoms with Gasteiger partial charge < -0.3 is 35.8 Å². The van der Waals surface area contributed by atoms with E-state index >= 15 is 0 Å². The third-order valence-electron chi connectivity index (χ3n) is 10.00. The van der Waals surface area contributed by atoms with Gasteiger partial charge >= 0.3 is 12.2 Å². The Labute approximate surface area is 319 Å². The smallest absolute Gasteiger partial charge is 0.416 e. The first-order valence-corrected chi connectivity index (χ1v) is 18.8. The van der Waals surface area contributed by atoms with Crippen LogP contribution in [0.1, 0.15) is 57.2 Å². The normalized spacial score (nSPS) is 17.2. The van der Waals surface area contributed by atoms with Gasteiger partial charge in [-0.2, -0.15) is 0 Å². The second-order valence-electron chi connectivity index (χ2n) is 14.8. The number of hydrogen-bond donors (Lipinski definition) is 4. The van der Waals surface area contributed by atoms with Crippen molar-refractivity contribution in [2.45, 2.75) is 96.3 Å². The Kier molecular flexibility index (Phi) is 16.0. The monoisotopic (exact) mass is 743 g/mol. The Morgan fingerprint density at radius 2 is 1.37 bits per heavy atom. The molecule has 54 heavy (non-hydrogen) atoms. The van der Waals surface area contributed by atoms with Gasteiger partial charge in [0, 0.05) is 6.04 Å². The third-order valence-corrected chi connectivity index (χ3v) is 10.00. The Bertz CT molecular complexity index is 1630.